The first-order chi connectivity index (χ1) is 6.86. The van der Waals surface area contributed by atoms with Gasteiger partial charge in [-0.1, -0.05) is 0 Å². The number of aromatic nitrogens is 1. The largest absolute Gasteiger partial charge is 0.294 e. The van der Waals surface area contributed by atoms with Gasteiger partial charge < -0.3 is 0 Å². The fourth-order valence-corrected chi connectivity index (χ4v) is 1.64. The zero-order valence-electron chi connectivity index (χ0n) is 9.25. The molecular formula is C11H13NO3. The highest BCUT2D eigenvalue weighted by Gasteiger charge is 2.19. The quantitative estimate of drug-likeness (QED) is 0.695. The summed E-state index contributed by atoms with van der Waals surface area (Å²) in [5, 5.41) is 0. The molecule has 0 fully saturated rings. The Morgan fingerprint density at radius 2 is 1.60 bits per heavy atom. The summed E-state index contributed by atoms with van der Waals surface area (Å²) >= 11 is 0. The van der Waals surface area contributed by atoms with Crippen molar-refractivity contribution in [1.29, 1.82) is 0 Å². The minimum Gasteiger partial charge on any atom is -0.294 e. The molecule has 0 unspecified atom stereocenters. The summed E-state index contributed by atoms with van der Waals surface area (Å²) in [7, 11) is 0. The second-order valence-electron chi connectivity index (χ2n) is 3.52. The number of ketones is 2. The van der Waals surface area contributed by atoms with Crippen LogP contribution in [0.15, 0.2) is 6.20 Å². The van der Waals surface area contributed by atoms with Crippen LogP contribution in [0.2, 0.25) is 0 Å². The van der Waals surface area contributed by atoms with Crippen molar-refractivity contribution in [2.45, 2.75) is 27.7 Å². The van der Waals surface area contributed by atoms with Gasteiger partial charge in [0, 0.05) is 25.6 Å². The van der Waals surface area contributed by atoms with E-state index >= 15 is 0 Å². The average Bonchev–Trinajstić information content (AvgIpc) is 2.42. The maximum Gasteiger partial charge on any atom is 0.228 e. The summed E-state index contributed by atoms with van der Waals surface area (Å²) in [5.74, 6) is -0.624. The lowest BCUT2D eigenvalue weighted by Crippen LogP contribution is -2.12. The molecule has 0 aliphatic carbocycles. The van der Waals surface area contributed by atoms with Crippen molar-refractivity contribution in [3.8, 4) is 0 Å². The van der Waals surface area contributed by atoms with Gasteiger partial charge in [0.15, 0.2) is 11.6 Å². The predicted molar refractivity (Wildman–Crippen MR) is 55.5 cm³/mol. The molecule has 1 aromatic rings. The van der Waals surface area contributed by atoms with Gasteiger partial charge in [0.2, 0.25) is 5.91 Å². The van der Waals surface area contributed by atoms with Crippen LogP contribution >= 0.6 is 0 Å². The van der Waals surface area contributed by atoms with E-state index in [-0.39, 0.29) is 17.5 Å². The van der Waals surface area contributed by atoms with Gasteiger partial charge in [0.05, 0.1) is 5.69 Å². The van der Waals surface area contributed by atoms with Crippen LogP contribution in [0, 0.1) is 6.92 Å². The average molecular weight is 207 g/mol. The molecule has 0 saturated carbocycles. The molecule has 0 aliphatic heterocycles. The molecule has 0 aliphatic rings. The molecule has 0 spiro atoms. The Labute approximate surface area is 87.9 Å². The van der Waals surface area contributed by atoms with E-state index in [2.05, 4.69) is 0 Å². The molecule has 0 atom stereocenters. The SMILES string of the molecule is CC(=O)c1cn(C(C)=O)c(C(C)=O)c1C. The van der Waals surface area contributed by atoms with Crippen LogP contribution in [0.25, 0.3) is 0 Å². The second kappa shape index (κ2) is 3.81. The van der Waals surface area contributed by atoms with Gasteiger partial charge in [-0.05, 0) is 19.4 Å². The predicted octanol–water partition coefficient (Wildman–Crippen LogP) is 1.86. The minimum atomic E-state index is -0.268. The summed E-state index contributed by atoms with van der Waals surface area (Å²) in [4.78, 5) is 33.8. The molecule has 4 heteroatoms. The molecule has 4 nitrogen and oxygen atoms in total. The van der Waals surface area contributed by atoms with Gasteiger partial charge >= 0.3 is 0 Å². The third-order valence-corrected chi connectivity index (χ3v) is 2.31. The molecule has 0 saturated heterocycles. The van der Waals surface area contributed by atoms with Gasteiger partial charge in [-0.3, -0.25) is 19.0 Å². The van der Waals surface area contributed by atoms with E-state index in [1.54, 1.807) is 6.92 Å². The van der Waals surface area contributed by atoms with E-state index in [4.69, 9.17) is 0 Å². The lowest BCUT2D eigenvalue weighted by atomic mass is 10.1. The molecule has 0 N–H and O–H groups in total. The fraction of sp³-hybridized carbons (Fsp3) is 0.364. The highest BCUT2D eigenvalue weighted by atomic mass is 16.2. The summed E-state index contributed by atoms with van der Waals surface area (Å²) in [5.41, 5.74) is 1.30. The topological polar surface area (TPSA) is 56.1 Å². The maximum absolute atomic E-state index is 11.3. The van der Waals surface area contributed by atoms with Gasteiger partial charge in [-0.2, -0.15) is 0 Å². The third kappa shape index (κ3) is 1.88. The van der Waals surface area contributed by atoms with Crippen molar-refractivity contribution in [2.75, 3.05) is 0 Å². The van der Waals surface area contributed by atoms with E-state index in [9.17, 15) is 14.4 Å². The Bertz CT molecular complexity index is 455. The number of Topliss-reactive ketones (excluding diaryl/α,β-unsaturated/α-hetero) is 2. The molecule has 1 aromatic heterocycles. The van der Waals surface area contributed by atoms with Crippen LogP contribution in [0.5, 0.6) is 0 Å². The first-order valence-corrected chi connectivity index (χ1v) is 4.61. The monoisotopic (exact) mass is 207 g/mol. The van der Waals surface area contributed by atoms with Crippen LogP contribution in [-0.2, 0) is 0 Å². The maximum atomic E-state index is 11.3. The summed E-state index contributed by atoms with van der Waals surface area (Å²) in [6.45, 7) is 5.82. The standard InChI is InChI=1S/C11H13NO3/c1-6-10(7(2)13)5-12(9(4)15)11(6)8(3)14/h5H,1-4H3. The van der Waals surface area contributed by atoms with Crippen LogP contribution in [-0.4, -0.2) is 22.0 Å². The van der Waals surface area contributed by atoms with Crippen molar-refractivity contribution < 1.29 is 14.4 Å². The molecule has 0 bridgehead atoms. The van der Waals surface area contributed by atoms with E-state index in [0.717, 1.165) is 0 Å². The zero-order chi connectivity index (χ0) is 11.7. The van der Waals surface area contributed by atoms with Crippen molar-refractivity contribution in [1.82, 2.24) is 4.57 Å². The van der Waals surface area contributed by atoms with E-state index in [1.165, 1.54) is 31.5 Å². The first kappa shape index (κ1) is 11.4. The van der Waals surface area contributed by atoms with Gasteiger partial charge in [0.25, 0.3) is 0 Å². The summed E-state index contributed by atoms with van der Waals surface area (Å²) in [6.07, 6.45) is 1.43. The second-order valence-corrected chi connectivity index (χ2v) is 3.52. The molecule has 80 valence electrons. The highest BCUT2D eigenvalue weighted by molar-refractivity contribution is 6.04. The lowest BCUT2D eigenvalue weighted by molar-refractivity contribution is 0.0908. The van der Waals surface area contributed by atoms with Gasteiger partial charge in [-0.15, -0.1) is 0 Å². The number of hydrogen-bond donors (Lipinski definition) is 0. The number of hydrogen-bond acceptors (Lipinski definition) is 3. The van der Waals surface area contributed by atoms with Crippen molar-refractivity contribution in [3.05, 3.63) is 23.0 Å². The Balaban J connectivity index is 3.53. The smallest absolute Gasteiger partial charge is 0.228 e. The lowest BCUT2D eigenvalue weighted by Gasteiger charge is -2.01. The fourth-order valence-electron chi connectivity index (χ4n) is 1.64. The summed E-state index contributed by atoms with van der Waals surface area (Å²) < 4.78 is 1.23. The molecule has 0 radical (unpaired) electrons. The zero-order valence-corrected chi connectivity index (χ0v) is 9.25. The number of carbonyl (C=O) groups excluding carboxylic acids is 3. The molecule has 1 heterocycles. The highest BCUT2D eigenvalue weighted by Crippen LogP contribution is 2.17. The van der Waals surface area contributed by atoms with Gasteiger partial charge in [-0.25, -0.2) is 0 Å². The van der Waals surface area contributed by atoms with Gasteiger partial charge in [0.1, 0.15) is 0 Å². The Morgan fingerprint density at radius 1 is 1.07 bits per heavy atom. The Morgan fingerprint density at radius 3 is 1.87 bits per heavy atom. The number of carbonyl (C=O) groups is 3. The van der Waals surface area contributed by atoms with Crippen LogP contribution < -0.4 is 0 Å². The number of nitrogens with zero attached hydrogens (tertiary/aromatic N) is 1. The normalized spacial score (nSPS) is 10.1. The van der Waals surface area contributed by atoms with Crippen LogP contribution in [0.3, 0.4) is 0 Å². The Hall–Kier alpha value is -1.71. The van der Waals surface area contributed by atoms with E-state index < -0.39 is 0 Å². The van der Waals surface area contributed by atoms with Crippen LogP contribution in [0.4, 0.5) is 0 Å². The molecular weight excluding hydrogens is 194 g/mol. The van der Waals surface area contributed by atoms with Crippen molar-refractivity contribution in [3.63, 3.8) is 0 Å². The molecule has 15 heavy (non-hydrogen) atoms. The van der Waals surface area contributed by atoms with E-state index in [0.29, 0.717) is 16.8 Å². The minimum absolute atomic E-state index is 0.144. The Kier molecular flexibility index (Phi) is 2.88. The van der Waals surface area contributed by atoms with Crippen molar-refractivity contribution >= 4 is 17.5 Å². The molecule has 0 amide bonds. The molecule has 1 rings (SSSR count). The first-order valence-electron chi connectivity index (χ1n) is 4.61. The van der Waals surface area contributed by atoms with E-state index in [1.807, 2.05) is 0 Å². The van der Waals surface area contributed by atoms with Crippen molar-refractivity contribution in [2.24, 2.45) is 0 Å². The summed E-state index contributed by atoms with van der Waals surface area (Å²) in [6, 6.07) is 0. The van der Waals surface area contributed by atoms with Crippen LogP contribution in [0.1, 0.15) is 52.0 Å². The number of rotatable bonds is 2. The molecule has 0 aromatic carbocycles. The third-order valence-electron chi connectivity index (χ3n) is 2.31.